The molecule has 3 rings (SSSR count). The SMILES string of the molecule is CNCc1ccc(N2CCCC3CCCC32)nc1C. The number of fused-ring (bicyclic) bond motifs is 1. The molecule has 0 bridgehead atoms. The van der Waals surface area contributed by atoms with Crippen molar-refractivity contribution in [3.05, 3.63) is 23.4 Å². The fourth-order valence-electron chi connectivity index (χ4n) is 3.85. The minimum absolute atomic E-state index is 0.760. The standard InChI is InChI=1S/C16H25N3/c1-12-14(11-17-2)8-9-16(18-12)19-10-4-6-13-5-3-7-15(13)19/h8-9,13,15,17H,3-7,10-11H2,1-2H3. The Morgan fingerprint density at radius 2 is 2.11 bits per heavy atom. The van der Waals surface area contributed by atoms with E-state index in [0.29, 0.717) is 0 Å². The summed E-state index contributed by atoms with van der Waals surface area (Å²) in [5.74, 6) is 2.13. The van der Waals surface area contributed by atoms with Crippen molar-refractivity contribution in [1.29, 1.82) is 0 Å². The molecule has 1 aliphatic carbocycles. The highest BCUT2D eigenvalue weighted by Gasteiger charge is 2.35. The van der Waals surface area contributed by atoms with Crippen LogP contribution < -0.4 is 10.2 Å². The molecular weight excluding hydrogens is 234 g/mol. The van der Waals surface area contributed by atoms with Gasteiger partial charge in [-0.2, -0.15) is 0 Å². The molecule has 1 saturated carbocycles. The maximum atomic E-state index is 4.86. The Hall–Kier alpha value is -1.09. The number of piperidine rings is 1. The van der Waals surface area contributed by atoms with Gasteiger partial charge >= 0.3 is 0 Å². The highest BCUT2D eigenvalue weighted by Crippen LogP contribution is 2.38. The zero-order chi connectivity index (χ0) is 13.2. The number of hydrogen-bond acceptors (Lipinski definition) is 3. The van der Waals surface area contributed by atoms with E-state index in [2.05, 4.69) is 29.3 Å². The van der Waals surface area contributed by atoms with Gasteiger partial charge in [0.05, 0.1) is 0 Å². The summed E-state index contributed by atoms with van der Waals surface area (Å²) >= 11 is 0. The Morgan fingerprint density at radius 1 is 1.26 bits per heavy atom. The minimum Gasteiger partial charge on any atom is -0.353 e. The van der Waals surface area contributed by atoms with Crippen molar-refractivity contribution in [3.63, 3.8) is 0 Å². The van der Waals surface area contributed by atoms with Gasteiger partial charge in [-0.1, -0.05) is 12.5 Å². The van der Waals surface area contributed by atoms with Crippen molar-refractivity contribution >= 4 is 5.82 Å². The highest BCUT2D eigenvalue weighted by atomic mass is 15.2. The number of nitrogens with zero attached hydrogens (tertiary/aromatic N) is 2. The van der Waals surface area contributed by atoms with Crippen LogP contribution in [0.25, 0.3) is 0 Å². The summed E-state index contributed by atoms with van der Waals surface area (Å²) in [6.45, 7) is 4.23. The van der Waals surface area contributed by atoms with Crippen LogP contribution in [0.15, 0.2) is 12.1 Å². The van der Waals surface area contributed by atoms with Crippen molar-refractivity contribution in [2.24, 2.45) is 5.92 Å². The smallest absolute Gasteiger partial charge is 0.129 e. The Morgan fingerprint density at radius 3 is 2.89 bits per heavy atom. The lowest BCUT2D eigenvalue weighted by Gasteiger charge is -2.38. The first-order valence-electron chi connectivity index (χ1n) is 7.67. The summed E-state index contributed by atoms with van der Waals surface area (Å²) in [5, 5.41) is 3.21. The van der Waals surface area contributed by atoms with E-state index in [1.54, 1.807) is 0 Å². The van der Waals surface area contributed by atoms with Crippen molar-refractivity contribution < 1.29 is 0 Å². The van der Waals surface area contributed by atoms with Gasteiger partial charge in [0, 0.05) is 24.8 Å². The van der Waals surface area contributed by atoms with Crippen LogP contribution in [0.3, 0.4) is 0 Å². The zero-order valence-electron chi connectivity index (χ0n) is 12.2. The summed E-state index contributed by atoms with van der Waals surface area (Å²) in [5.41, 5.74) is 2.48. The number of pyridine rings is 1. The van der Waals surface area contributed by atoms with Crippen LogP contribution in [0.2, 0.25) is 0 Å². The van der Waals surface area contributed by atoms with Crippen LogP contribution in [0, 0.1) is 12.8 Å². The number of hydrogen-bond donors (Lipinski definition) is 1. The predicted molar refractivity (Wildman–Crippen MR) is 79.4 cm³/mol. The number of anilines is 1. The molecule has 2 unspecified atom stereocenters. The minimum atomic E-state index is 0.760. The van der Waals surface area contributed by atoms with Gasteiger partial charge in [0.25, 0.3) is 0 Å². The Kier molecular flexibility index (Phi) is 3.74. The van der Waals surface area contributed by atoms with E-state index in [9.17, 15) is 0 Å². The largest absolute Gasteiger partial charge is 0.353 e. The monoisotopic (exact) mass is 259 g/mol. The molecule has 1 saturated heterocycles. The molecular formula is C16H25N3. The summed E-state index contributed by atoms with van der Waals surface area (Å²) < 4.78 is 0. The van der Waals surface area contributed by atoms with Crippen molar-refractivity contribution in [2.45, 2.75) is 51.6 Å². The molecule has 3 heteroatoms. The Bertz CT molecular complexity index is 444. The lowest BCUT2D eigenvalue weighted by atomic mass is 9.92. The maximum absolute atomic E-state index is 4.86. The van der Waals surface area contributed by atoms with E-state index in [0.717, 1.165) is 18.5 Å². The van der Waals surface area contributed by atoms with E-state index in [-0.39, 0.29) is 0 Å². The molecule has 2 atom stereocenters. The number of aromatic nitrogens is 1. The molecule has 0 amide bonds. The number of aryl methyl sites for hydroxylation is 1. The molecule has 1 aliphatic heterocycles. The fourth-order valence-corrected chi connectivity index (χ4v) is 3.85. The molecule has 1 aromatic heterocycles. The first-order chi connectivity index (χ1) is 9.29. The van der Waals surface area contributed by atoms with Crippen LogP contribution in [0.1, 0.15) is 43.4 Å². The molecule has 1 N–H and O–H groups in total. The predicted octanol–water partition coefficient (Wildman–Crippen LogP) is 2.88. The lowest BCUT2D eigenvalue weighted by molar-refractivity contribution is 0.360. The third-order valence-corrected chi connectivity index (χ3v) is 4.84. The second-order valence-electron chi connectivity index (χ2n) is 6.04. The fraction of sp³-hybridized carbons (Fsp3) is 0.688. The maximum Gasteiger partial charge on any atom is 0.129 e. The average Bonchev–Trinajstić information content (AvgIpc) is 2.89. The lowest BCUT2D eigenvalue weighted by Crippen LogP contribution is -2.43. The summed E-state index contributed by atoms with van der Waals surface area (Å²) in [4.78, 5) is 7.44. The van der Waals surface area contributed by atoms with Gasteiger partial charge in [0.2, 0.25) is 0 Å². The quantitative estimate of drug-likeness (QED) is 0.904. The molecule has 2 fully saturated rings. The summed E-state index contributed by atoms with van der Waals surface area (Å²) in [7, 11) is 1.99. The van der Waals surface area contributed by atoms with E-state index >= 15 is 0 Å². The number of rotatable bonds is 3. The van der Waals surface area contributed by atoms with Crippen molar-refractivity contribution in [1.82, 2.24) is 10.3 Å². The zero-order valence-corrected chi connectivity index (χ0v) is 12.2. The van der Waals surface area contributed by atoms with Crippen LogP contribution in [0.4, 0.5) is 5.82 Å². The molecule has 0 radical (unpaired) electrons. The molecule has 2 aliphatic rings. The molecule has 0 spiro atoms. The third-order valence-electron chi connectivity index (χ3n) is 4.84. The number of nitrogens with one attached hydrogen (secondary N) is 1. The van der Waals surface area contributed by atoms with Gasteiger partial charge in [0.15, 0.2) is 0 Å². The Balaban J connectivity index is 1.83. The van der Waals surface area contributed by atoms with Gasteiger partial charge in [0.1, 0.15) is 5.82 Å². The molecule has 3 nitrogen and oxygen atoms in total. The topological polar surface area (TPSA) is 28.2 Å². The van der Waals surface area contributed by atoms with Crippen LogP contribution >= 0.6 is 0 Å². The highest BCUT2D eigenvalue weighted by molar-refractivity contribution is 5.44. The van der Waals surface area contributed by atoms with E-state index < -0.39 is 0 Å². The van der Waals surface area contributed by atoms with Gasteiger partial charge in [-0.3, -0.25) is 0 Å². The second kappa shape index (κ2) is 5.49. The molecule has 1 aromatic rings. The molecule has 19 heavy (non-hydrogen) atoms. The van der Waals surface area contributed by atoms with Crippen LogP contribution in [0.5, 0.6) is 0 Å². The molecule has 0 aromatic carbocycles. The van der Waals surface area contributed by atoms with E-state index in [4.69, 9.17) is 4.98 Å². The van der Waals surface area contributed by atoms with Crippen molar-refractivity contribution in [2.75, 3.05) is 18.5 Å². The third kappa shape index (κ3) is 2.48. The second-order valence-corrected chi connectivity index (χ2v) is 6.04. The van der Waals surface area contributed by atoms with Crippen molar-refractivity contribution in [3.8, 4) is 0 Å². The van der Waals surface area contributed by atoms with E-state index in [1.165, 1.54) is 55.7 Å². The first-order valence-corrected chi connectivity index (χ1v) is 7.67. The average molecular weight is 259 g/mol. The van der Waals surface area contributed by atoms with Crippen LogP contribution in [-0.2, 0) is 6.54 Å². The van der Waals surface area contributed by atoms with Gasteiger partial charge in [-0.15, -0.1) is 0 Å². The van der Waals surface area contributed by atoms with Crippen LogP contribution in [-0.4, -0.2) is 24.6 Å². The molecule has 2 heterocycles. The summed E-state index contributed by atoms with van der Waals surface area (Å²) in [6.07, 6.45) is 6.96. The van der Waals surface area contributed by atoms with E-state index in [1.807, 2.05) is 7.05 Å². The first kappa shape index (κ1) is 12.9. The molecule has 104 valence electrons. The van der Waals surface area contributed by atoms with Gasteiger partial charge in [-0.25, -0.2) is 4.98 Å². The summed E-state index contributed by atoms with van der Waals surface area (Å²) in [6, 6.07) is 5.23. The van der Waals surface area contributed by atoms with Gasteiger partial charge < -0.3 is 10.2 Å². The van der Waals surface area contributed by atoms with Gasteiger partial charge in [-0.05, 0) is 57.2 Å². The Labute approximate surface area is 116 Å². The normalized spacial score (nSPS) is 26.5.